The molecule has 4 fully saturated rings. The maximum Gasteiger partial charge on any atom is 0.133 e. The Hall–Kier alpha value is -0.660. The number of hydrogen-bond donors (Lipinski definition) is 0. The van der Waals surface area contributed by atoms with Gasteiger partial charge in [0.15, 0.2) is 0 Å². The van der Waals surface area contributed by atoms with Crippen molar-refractivity contribution in [3.8, 4) is 0 Å². The molecule has 0 aliphatic heterocycles. The summed E-state index contributed by atoms with van der Waals surface area (Å²) in [7, 11) is 0. The lowest BCUT2D eigenvalue weighted by molar-refractivity contribution is -0.129. The third kappa shape index (κ3) is 5.08. The van der Waals surface area contributed by atoms with Gasteiger partial charge in [-0.1, -0.05) is 53.9 Å². The molecule has 9 unspecified atom stereocenters. The van der Waals surface area contributed by atoms with Crippen molar-refractivity contribution in [3.05, 3.63) is 0 Å². The van der Waals surface area contributed by atoms with E-state index in [0.29, 0.717) is 35.4 Å². The zero-order chi connectivity index (χ0) is 24.5. The number of hydrogen-bond acceptors (Lipinski definition) is 2. The number of rotatable bonds is 10. The Balaban J connectivity index is 1.38. The lowest BCUT2D eigenvalue weighted by Gasteiger charge is -2.61. The van der Waals surface area contributed by atoms with Gasteiger partial charge in [-0.25, -0.2) is 0 Å². The Morgan fingerprint density at radius 2 is 1.65 bits per heavy atom. The molecule has 0 amide bonds. The molecule has 0 bridgehead atoms. The molecule has 34 heavy (non-hydrogen) atoms. The number of Topliss-reactive ketones (excluding diaryl/α,β-unsaturated/α-hetero) is 1. The monoisotopic (exact) mass is 470 g/mol. The molecule has 0 heterocycles. The van der Waals surface area contributed by atoms with Crippen molar-refractivity contribution < 1.29 is 9.59 Å². The molecule has 4 rings (SSSR count). The molecule has 0 N–H and O–H groups in total. The quantitative estimate of drug-likeness (QED) is 0.299. The van der Waals surface area contributed by atoms with E-state index in [1.165, 1.54) is 77.0 Å². The van der Waals surface area contributed by atoms with Crippen LogP contribution in [-0.2, 0) is 9.59 Å². The second-order valence-corrected chi connectivity index (χ2v) is 14.3. The first-order chi connectivity index (χ1) is 16.2. The van der Waals surface area contributed by atoms with Gasteiger partial charge in [-0.2, -0.15) is 0 Å². The Morgan fingerprint density at radius 3 is 2.38 bits per heavy atom. The van der Waals surface area contributed by atoms with Crippen molar-refractivity contribution in [1.82, 2.24) is 0 Å². The number of carbonyl (C=O) groups excluding carboxylic acids is 2. The molecule has 0 spiro atoms. The highest BCUT2D eigenvalue weighted by Gasteiger charge is 2.60. The minimum absolute atomic E-state index is 0.322. The topological polar surface area (TPSA) is 34.1 Å². The first kappa shape index (κ1) is 26.4. The Labute approximate surface area is 210 Å². The third-order valence-electron chi connectivity index (χ3n) is 12.0. The first-order valence-corrected chi connectivity index (χ1v) is 15.1. The van der Waals surface area contributed by atoms with E-state index >= 15 is 0 Å². The molecule has 194 valence electrons. The Bertz CT molecular complexity index is 712. The van der Waals surface area contributed by atoms with Gasteiger partial charge in [-0.15, -0.1) is 0 Å². The summed E-state index contributed by atoms with van der Waals surface area (Å²) in [6.07, 6.45) is 19.3. The van der Waals surface area contributed by atoms with Gasteiger partial charge in [0.25, 0.3) is 0 Å². The second kappa shape index (κ2) is 10.8. The van der Waals surface area contributed by atoms with E-state index in [-0.39, 0.29) is 0 Å². The molecular formula is C32H54O2. The van der Waals surface area contributed by atoms with E-state index in [9.17, 15) is 9.59 Å². The minimum atomic E-state index is 0.322. The highest BCUT2D eigenvalue weighted by molar-refractivity contribution is 5.80. The lowest BCUT2D eigenvalue weighted by atomic mass is 9.44. The molecule has 0 radical (unpaired) electrons. The van der Waals surface area contributed by atoms with Crippen LogP contribution >= 0.6 is 0 Å². The number of carbonyl (C=O) groups is 2. The Morgan fingerprint density at radius 1 is 0.912 bits per heavy atom. The van der Waals surface area contributed by atoms with Crippen LogP contribution in [0, 0.1) is 58.2 Å². The maximum absolute atomic E-state index is 12.3. The highest BCUT2D eigenvalue weighted by atomic mass is 16.1. The van der Waals surface area contributed by atoms with Crippen LogP contribution in [0.2, 0.25) is 0 Å². The van der Waals surface area contributed by atoms with Gasteiger partial charge in [0.2, 0.25) is 0 Å². The molecule has 0 aromatic carbocycles. The van der Waals surface area contributed by atoms with E-state index in [2.05, 4.69) is 34.6 Å². The van der Waals surface area contributed by atoms with E-state index in [1.807, 2.05) is 0 Å². The SMILES string of the molecule is CC(C)CCCC(C)C1CCC2C3CCC4CC(CC(=O)CCC=O)CCC4(C)C3CCC12C. The average Bonchev–Trinajstić information content (AvgIpc) is 3.15. The van der Waals surface area contributed by atoms with E-state index in [1.54, 1.807) is 0 Å². The number of ketones is 1. The van der Waals surface area contributed by atoms with Crippen LogP contribution in [0.25, 0.3) is 0 Å². The molecule has 4 aliphatic carbocycles. The largest absolute Gasteiger partial charge is 0.303 e. The lowest BCUT2D eigenvalue weighted by Crippen LogP contribution is -2.53. The first-order valence-electron chi connectivity index (χ1n) is 15.1. The highest BCUT2D eigenvalue weighted by Crippen LogP contribution is 2.68. The summed E-state index contributed by atoms with van der Waals surface area (Å²) >= 11 is 0. The Kier molecular flexibility index (Phi) is 8.35. The van der Waals surface area contributed by atoms with Crippen molar-refractivity contribution >= 4 is 12.1 Å². The van der Waals surface area contributed by atoms with Crippen molar-refractivity contribution in [2.45, 2.75) is 131 Å². The molecule has 0 aromatic heterocycles. The van der Waals surface area contributed by atoms with Gasteiger partial charge >= 0.3 is 0 Å². The van der Waals surface area contributed by atoms with Gasteiger partial charge in [0.05, 0.1) is 0 Å². The van der Waals surface area contributed by atoms with Crippen molar-refractivity contribution in [2.24, 2.45) is 58.2 Å². The van der Waals surface area contributed by atoms with E-state index in [4.69, 9.17) is 0 Å². The van der Waals surface area contributed by atoms with Crippen LogP contribution in [0.3, 0.4) is 0 Å². The average molecular weight is 471 g/mol. The van der Waals surface area contributed by atoms with Gasteiger partial charge < -0.3 is 4.79 Å². The van der Waals surface area contributed by atoms with Gasteiger partial charge in [-0.05, 0) is 116 Å². The summed E-state index contributed by atoms with van der Waals surface area (Å²) in [5.41, 5.74) is 1.09. The summed E-state index contributed by atoms with van der Waals surface area (Å²) in [4.78, 5) is 23.0. The minimum Gasteiger partial charge on any atom is -0.303 e. The predicted octanol–water partition coefficient (Wildman–Crippen LogP) is 8.66. The summed E-state index contributed by atoms with van der Waals surface area (Å²) in [5, 5.41) is 0. The molecule has 4 saturated carbocycles. The molecular weight excluding hydrogens is 416 g/mol. The van der Waals surface area contributed by atoms with Crippen LogP contribution in [0.4, 0.5) is 0 Å². The molecule has 0 aromatic rings. The van der Waals surface area contributed by atoms with Crippen LogP contribution in [0.1, 0.15) is 131 Å². The van der Waals surface area contributed by atoms with E-state index < -0.39 is 0 Å². The van der Waals surface area contributed by atoms with E-state index in [0.717, 1.165) is 54.1 Å². The van der Waals surface area contributed by atoms with Crippen LogP contribution in [-0.4, -0.2) is 12.1 Å². The third-order valence-corrected chi connectivity index (χ3v) is 12.0. The molecule has 2 nitrogen and oxygen atoms in total. The van der Waals surface area contributed by atoms with Crippen LogP contribution in [0.15, 0.2) is 0 Å². The summed E-state index contributed by atoms with van der Waals surface area (Å²) in [6, 6.07) is 0. The summed E-state index contributed by atoms with van der Waals surface area (Å²) < 4.78 is 0. The van der Waals surface area contributed by atoms with Crippen molar-refractivity contribution in [2.75, 3.05) is 0 Å². The number of fused-ring (bicyclic) bond motifs is 5. The van der Waals surface area contributed by atoms with Gasteiger partial charge in [-0.3, -0.25) is 4.79 Å². The fourth-order valence-electron chi connectivity index (χ4n) is 10.2. The zero-order valence-electron chi connectivity index (χ0n) is 23.1. The summed E-state index contributed by atoms with van der Waals surface area (Å²) in [5.74, 6) is 7.24. The van der Waals surface area contributed by atoms with Crippen molar-refractivity contribution in [1.29, 1.82) is 0 Å². The predicted molar refractivity (Wildman–Crippen MR) is 141 cm³/mol. The number of aldehydes is 1. The van der Waals surface area contributed by atoms with Crippen LogP contribution in [0.5, 0.6) is 0 Å². The second-order valence-electron chi connectivity index (χ2n) is 14.3. The maximum atomic E-state index is 12.3. The molecule has 0 saturated heterocycles. The standard InChI is InChI=1S/C32H54O2/c1-22(2)8-6-9-23(3)28-13-14-29-27-12-11-25-20-24(21-26(34)10-7-19-33)15-17-31(25,4)30(27)16-18-32(28,29)5/h19,22-25,27-30H,6-18,20-21H2,1-5H3. The molecule has 2 heteroatoms. The fraction of sp³-hybridized carbons (Fsp3) is 0.938. The zero-order valence-corrected chi connectivity index (χ0v) is 23.1. The van der Waals surface area contributed by atoms with Crippen molar-refractivity contribution in [3.63, 3.8) is 0 Å². The van der Waals surface area contributed by atoms with Crippen LogP contribution < -0.4 is 0 Å². The fourth-order valence-corrected chi connectivity index (χ4v) is 10.2. The smallest absolute Gasteiger partial charge is 0.133 e. The normalized spacial score (nSPS) is 42.5. The molecule has 4 aliphatic rings. The molecule has 9 atom stereocenters. The van der Waals surface area contributed by atoms with Gasteiger partial charge in [0, 0.05) is 19.3 Å². The summed E-state index contributed by atoms with van der Waals surface area (Å²) in [6.45, 7) is 12.7. The van der Waals surface area contributed by atoms with Gasteiger partial charge in [0.1, 0.15) is 12.1 Å².